The zero-order chi connectivity index (χ0) is 13.9. The van der Waals surface area contributed by atoms with Crippen LogP contribution in [0.2, 0.25) is 0 Å². The highest BCUT2D eigenvalue weighted by Crippen LogP contribution is 2.29. The van der Waals surface area contributed by atoms with E-state index in [9.17, 15) is 0 Å². The van der Waals surface area contributed by atoms with Gasteiger partial charge in [0.1, 0.15) is 17.0 Å². The molecule has 7 nitrogen and oxygen atoms in total. The van der Waals surface area contributed by atoms with Crippen LogP contribution in [-0.4, -0.2) is 19.9 Å². The molecule has 102 valence electrons. The average Bonchev–Trinajstić information content (AvgIpc) is 2.86. The fraction of sp³-hybridized carbons (Fsp3) is 0.167. The van der Waals surface area contributed by atoms with Crippen molar-refractivity contribution in [1.82, 2.24) is 19.9 Å². The van der Waals surface area contributed by atoms with Crippen LogP contribution in [0.3, 0.4) is 0 Å². The average molecular weight is 287 g/mol. The largest absolute Gasteiger partial charge is 0.364 e. The Morgan fingerprint density at radius 3 is 3.00 bits per heavy atom. The van der Waals surface area contributed by atoms with Gasteiger partial charge in [0.05, 0.1) is 17.6 Å². The van der Waals surface area contributed by atoms with Crippen LogP contribution in [-0.2, 0) is 6.54 Å². The lowest BCUT2D eigenvalue weighted by Crippen LogP contribution is -2.12. The number of aryl methyl sites for hydroxylation is 1. The summed E-state index contributed by atoms with van der Waals surface area (Å²) >= 11 is 1.61. The molecule has 0 saturated heterocycles. The molecule has 0 fully saturated rings. The Morgan fingerprint density at radius 1 is 1.35 bits per heavy atom. The molecular weight excluding hydrogens is 274 g/mol. The van der Waals surface area contributed by atoms with Gasteiger partial charge in [-0.1, -0.05) is 0 Å². The highest BCUT2D eigenvalue weighted by atomic mass is 32.1. The minimum atomic E-state index is 0.393. The van der Waals surface area contributed by atoms with Gasteiger partial charge in [-0.25, -0.2) is 20.8 Å². The van der Waals surface area contributed by atoms with E-state index in [1.165, 1.54) is 11.2 Å². The third-order valence-electron chi connectivity index (χ3n) is 2.73. The maximum absolute atomic E-state index is 5.41. The van der Waals surface area contributed by atoms with E-state index in [4.69, 9.17) is 5.84 Å². The second-order valence-corrected chi connectivity index (χ2v) is 5.41. The molecular formula is C12H13N7S. The number of nitrogens with zero attached hydrogens (tertiary/aromatic N) is 4. The molecule has 0 spiro atoms. The fourth-order valence-electron chi connectivity index (χ4n) is 1.84. The number of hydrazine groups is 1. The third kappa shape index (κ3) is 2.51. The molecule has 0 aromatic carbocycles. The Kier molecular flexibility index (Phi) is 3.40. The molecule has 0 atom stereocenters. The number of aromatic nitrogens is 4. The van der Waals surface area contributed by atoms with E-state index in [0.717, 1.165) is 21.7 Å². The van der Waals surface area contributed by atoms with Crippen molar-refractivity contribution in [1.29, 1.82) is 0 Å². The number of rotatable bonds is 4. The van der Waals surface area contributed by atoms with Crippen LogP contribution in [0.5, 0.6) is 0 Å². The molecule has 3 rings (SSSR count). The molecule has 0 radical (unpaired) electrons. The van der Waals surface area contributed by atoms with Gasteiger partial charge in [0, 0.05) is 11.1 Å². The van der Waals surface area contributed by atoms with E-state index in [2.05, 4.69) is 36.7 Å². The van der Waals surface area contributed by atoms with Crippen LogP contribution in [0, 0.1) is 6.92 Å². The van der Waals surface area contributed by atoms with Crippen molar-refractivity contribution >= 4 is 33.3 Å². The molecule has 0 aliphatic heterocycles. The highest BCUT2D eigenvalue weighted by molar-refractivity contribution is 7.18. The van der Waals surface area contributed by atoms with Crippen molar-refractivity contribution < 1.29 is 0 Å². The van der Waals surface area contributed by atoms with E-state index in [1.54, 1.807) is 17.5 Å². The van der Waals surface area contributed by atoms with Crippen molar-refractivity contribution in [2.45, 2.75) is 13.5 Å². The first kappa shape index (κ1) is 12.7. The maximum Gasteiger partial charge on any atom is 0.240 e. The summed E-state index contributed by atoms with van der Waals surface area (Å²) in [6.07, 6.45) is 3.23. The third-order valence-corrected chi connectivity index (χ3v) is 3.67. The Morgan fingerprint density at radius 2 is 2.25 bits per heavy atom. The van der Waals surface area contributed by atoms with Crippen molar-refractivity contribution in [3.63, 3.8) is 0 Å². The van der Waals surface area contributed by atoms with Crippen LogP contribution in [0.25, 0.3) is 10.2 Å². The summed E-state index contributed by atoms with van der Waals surface area (Å²) in [4.78, 5) is 18.8. The van der Waals surface area contributed by atoms with Gasteiger partial charge in [0.2, 0.25) is 5.95 Å². The molecule has 3 aromatic rings. The summed E-state index contributed by atoms with van der Waals surface area (Å²) in [7, 11) is 0. The summed E-state index contributed by atoms with van der Waals surface area (Å²) in [5, 5.41) is 4.25. The van der Waals surface area contributed by atoms with Gasteiger partial charge in [-0.05, 0) is 19.1 Å². The Bertz CT molecular complexity index is 725. The second-order valence-electron chi connectivity index (χ2n) is 4.17. The first-order valence-corrected chi connectivity index (χ1v) is 6.81. The van der Waals surface area contributed by atoms with Crippen LogP contribution in [0.4, 0.5) is 11.8 Å². The number of nitrogens with two attached hydrogens (primary N) is 1. The topological polar surface area (TPSA) is 102 Å². The van der Waals surface area contributed by atoms with Gasteiger partial charge < -0.3 is 5.32 Å². The SMILES string of the molecule is Cc1cc2c(NCc3ccncn3)nc(NN)nc2s1. The van der Waals surface area contributed by atoms with Crippen LogP contribution < -0.4 is 16.6 Å². The standard InChI is InChI=1S/C12H13N7S/c1-7-4-9-10(15-5-8-2-3-14-6-16-8)17-12(19-13)18-11(9)20-7/h2-4,6H,5,13H2,1H3,(H2,15,17,18,19). The Balaban J connectivity index is 1.93. The number of thiophene rings is 1. The van der Waals surface area contributed by atoms with Crippen molar-refractivity contribution in [3.05, 3.63) is 35.2 Å². The maximum atomic E-state index is 5.41. The van der Waals surface area contributed by atoms with Crippen molar-refractivity contribution in [2.75, 3.05) is 10.7 Å². The lowest BCUT2D eigenvalue weighted by Gasteiger charge is -2.07. The minimum Gasteiger partial charge on any atom is -0.364 e. The monoisotopic (exact) mass is 287 g/mol. The number of fused-ring (bicyclic) bond motifs is 1. The minimum absolute atomic E-state index is 0.393. The molecule has 4 N–H and O–H groups in total. The van der Waals surface area contributed by atoms with Gasteiger partial charge in [-0.15, -0.1) is 11.3 Å². The first-order chi connectivity index (χ1) is 9.76. The number of nitrogens with one attached hydrogen (secondary N) is 2. The molecule has 0 aliphatic carbocycles. The lowest BCUT2D eigenvalue weighted by atomic mass is 10.3. The molecule has 0 amide bonds. The van der Waals surface area contributed by atoms with E-state index in [1.807, 2.05) is 13.0 Å². The Labute approximate surface area is 119 Å². The van der Waals surface area contributed by atoms with Gasteiger partial charge in [0.25, 0.3) is 0 Å². The molecule has 0 bridgehead atoms. The number of nitrogen functional groups attached to an aromatic ring is 1. The summed E-state index contributed by atoms with van der Waals surface area (Å²) in [5.41, 5.74) is 3.38. The highest BCUT2D eigenvalue weighted by Gasteiger charge is 2.10. The predicted molar refractivity (Wildman–Crippen MR) is 79.3 cm³/mol. The summed E-state index contributed by atoms with van der Waals surface area (Å²) < 4.78 is 0. The zero-order valence-electron chi connectivity index (χ0n) is 10.8. The summed E-state index contributed by atoms with van der Waals surface area (Å²) in [5.74, 6) is 6.54. The number of hydrogen-bond donors (Lipinski definition) is 3. The molecule has 3 heterocycles. The molecule has 8 heteroatoms. The van der Waals surface area contributed by atoms with E-state index < -0.39 is 0 Å². The molecule has 20 heavy (non-hydrogen) atoms. The zero-order valence-corrected chi connectivity index (χ0v) is 11.6. The van der Waals surface area contributed by atoms with E-state index in [-0.39, 0.29) is 0 Å². The van der Waals surface area contributed by atoms with E-state index in [0.29, 0.717) is 12.5 Å². The van der Waals surface area contributed by atoms with Gasteiger partial charge in [-0.2, -0.15) is 4.98 Å². The summed E-state index contributed by atoms with van der Waals surface area (Å²) in [6.45, 7) is 2.60. The quantitative estimate of drug-likeness (QED) is 0.495. The van der Waals surface area contributed by atoms with Gasteiger partial charge >= 0.3 is 0 Å². The van der Waals surface area contributed by atoms with Gasteiger partial charge in [-0.3, -0.25) is 5.43 Å². The predicted octanol–water partition coefficient (Wildman–Crippen LogP) is 1.69. The smallest absolute Gasteiger partial charge is 0.240 e. The first-order valence-electron chi connectivity index (χ1n) is 6.00. The van der Waals surface area contributed by atoms with Crippen molar-refractivity contribution in [3.8, 4) is 0 Å². The lowest BCUT2D eigenvalue weighted by molar-refractivity contribution is 0.996. The number of hydrogen-bond acceptors (Lipinski definition) is 8. The molecule has 0 aliphatic rings. The normalized spacial score (nSPS) is 10.7. The molecule has 3 aromatic heterocycles. The van der Waals surface area contributed by atoms with Crippen LogP contribution >= 0.6 is 11.3 Å². The number of anilines is 2. The van der Waals surface area contributed by atoms with Gasteiger partial charge in [0.15, 0.2) is 0 Å². The fourth-order valence-corrected chi connectivity index (χ4v) is 2.72. The van der Waals surface area contributed by atoms with E-state index >= 15 is 0 Å². The summed E-state index contributed by atoms with van der Waals surface area (Å²) in [6, 6.07) is 3.91. The Hall–Kier alpha value is -2.32. The molecule has 0 saturated carbocycles. The molecule has 0 unspecified atom stereocenters. The van der Waals surface area contributed by atoms with Crippen molar-refractivity contribution in [2.24, 2.45) is 5.84 Å². The second kappa shape index (κ2) is 5.35. The van der Waals surface area contributed by atoms with Crippen LogP contribution in [0.1, 0.15) is 10.6 Å². The van der Waals surface area contributed by atoms with Crippen LogP contribution in [0.15, 0.2) is 24.7 Å².